The molecule has 27 heavy (non-hydrogen) atoms. The van der Waals surface area contributed by atoms with E-state index in [9.17, 15) is 13.6 Å². The molecular formula is C18H20F2N4O3. The van der Waals surface area contributed by atoms with Gasteiger partial charge in [-0.3, -0.25) is 4.79 Å². The van der Waals surface area contributed by atoms with Crippen LogP contribution in [0.5, 0.6) is 11.6 Å². The number of amides is 1. The number of carbonyl (C=O) groups is 1. The Bertz CT molecular complexity index is 821. The van der Waals surface area contributed by atoms with Crippen LogP contribution in [0.25, 0.3) is 0 Å². The van der Waals surface area contributed by atoms with E-state index in [0.29, 0.717) is 25.5 Å². The van der Waals surface area contributed by atoms with Crippen LogP contribution in [0.1, 0.15) is 6.92 Å². The van der Waals surface area contributed by atoms with Gasteiger partial charge in [-0.1, -0.05) is 0 Å². The summed E-state index contributed by atoms with van der Waals surface area (Å²) in [5.74, 6) is -0.991. The number of aromatic nitrogens is 2. The van der Waals surface area contributed by atoms with Crippen molar-refractivity contribution in [3.63, 3.8) is 0 Å². The van der Waals surface area contributed by atoms with Crippen LogP contribution in [-0.4, -0.2) is 60.2 Å². The van der Waals surface area contributed by atoms with E-state index < -0.39 is 11.6 Å². The van der Waals surface area contributed by atoms with Crippen LogP contribution in [0.15, 0.2) is 30.6 Å². The van der Waals surface area contributed by atoms with Gasteiger partial charge in [-0.25, -0.2) is 18.7 Å². The maximum Gasteiger partial charge on any atom is 0.248 e. The first-order chi connectivity index (χ1) is 13.0. The summed E-state index contributed by atoms with van der Waals surface area (Å²) in [6.45, 7) is 3.76. The van der Waals surface area contributed by atoms with E-state index in [1.807, 2.05) is 11.8 Å². The lowest BCUT2D eigenvalue weighted by Gasteiger charge is -2.40. The van der Waals surface area contributed by atoms with Gasteiger partial charge in [-0.2, -0.15) is 0 Å². The molecule has 7 nitrogen and oxygen atoms in total. The molecule has 0 saturated carbocycles. The van der Waals surface area contributed by atoms with E-state index in [4.69, 9.17) is 9.47 Å². The van der Waals surface area contributed by atoms with Crippen molar-refractivity contribution in [2.45, 2.75) is 13.0 Å². The Morgan fingerprint density at radius 3 is 2.74 bits per heavy atom. The van der Waals surface area contributed by atoms with Crippen LogP contribution >= 0.6 is 0 Å². The first kappa shape index (κ1) is 19.0. The fraction of sp³-hybridized carbons (Fsp3) is 0.389. The Labute approximate surface area is 155 Å². The molecule has 1 amide bonds. The molecule has 2 aromatic rings. The Balaban J connectivity index is 1.69. The molecule has 1 unspecified atom stereocenters. The molecule has 1 saturated heterocycles. The summed E-state index contributed by atoms with van der Waals surface area (Å²) in [4.78, 5) is 24.1. The number of rotatable bonds is 5. The molecule has 3 rings (SSSR count). The zero-order valence-corrected chi connectivity index (χ0v) is 15.1. The third kappa shape index (κ3) is 4.48. The lowest BCUT2D eigenvalue weighted by atomic mass is 10.2. The number of benzene rings is 1. The highest BCUT2D eigenvalue weighted by atomic mass is 19.2. The normalized spacial score (nSPS) is 17.1. The van der Waals surface area contributed by atoms with Crippen LogP contribution in [0, 0.1) is 11.6 Å². The molecule has 0 spiro atoms. The average molecular weight is 378 g/mol. The molecule has 144 valence electrons. The summed E-state index contributed by atoms with van der Waals surface area (Å²) < 4.78 is 36.7. The Morgan fingerprint density at radius 2 is 2.04 bits per heavy atom. The van der Waals surface area contributed by atoms with Gasteiger partial charge in [0.1, 0.15) is 24.5 Å². The molecule has 0 bridgehead atoms. The lowest BCUT2D eigenvalue weighted by Crippen LogP contribution is -2.55. The van der Waals surface area contributed by atoms with Gasteiger partial charge in [0.05, 0.1) is 0 Å². The zero-order chi connectivity index (χ0) is 19.4. The van der Waals surface area contributed by atoms with Crippen molar-refractivity contribution in [3.05, 3.63) is 42.2 Å². The van der Waals surface area contributed by atoms with E-state index in [1.54, 1.807) is 11.0 Å². The number of halogens is 2. The van der Waals surface area contributed by atoms with Crippen LogP contribution < -0.4 is 9.64 Å². The molecule has 1 aromatic carbocycles. The van der Waals surface area contributed by atoms with Gasteiger partial charge < -0.3 is 19.3 Å². The first-order valence-corrected chi connectivity index (χ1v) is 8.46. The fourth-order valence-corrected chi connectivity index (χ4v) is 2.96. The average Bonchev–Trinajstić information content (AvgIpc) is 2.65. The number of nitrogens with zero attached hydrogens (tertiary/aromatic N) is 4. The topological polar surface area (TPSA) is 67.8 Å². The lowest BCUT2D eigenvalue weighted by molar-refractivity contribution is -0.137. The largest absolute Gasteiger partial charge is 0.439 e. The molecule has 9 heteroatoms. The maximum atomic E-state index is 13.3. The highest BCUT2D eigenvalue weighted by molar-refractivity contribution is 5.78. The van der Waals surface area contributed by atoms with E-state index in [2.05, 4.69) is 9.97 Å². The van der Waals surface area contributed by atoms with Gasteiger partial charge in [-0.05, 0) is 19.1 Å². The van der Waals surface area contributed by atoms with Crippen molar-refractivity contribution < 1.29 is 23.0 Å². The van der Waals surface area contributed by atoms with Gasteiger partial charge in [0.2, 0.25) is 11.8 Å². The maximum absolute atomic E-state index is 13.3. The van der Waals surface area contributed by atoms with Gasteiger partial charge in [0, 0.05) is 44.9 Å². The second-order valence-corrected chi connectivity index (χ2v) is 6.21. The third-order valence-corrected chi connectivity index (χ3v) is 4.28. The fourth-order valence-electron chi connectivity index (χ4n) is 2.96. The van der Waals surface area contributed by atoms with E-state index in [1.165, 1.54) is 19.5 Å². The predicted molar refractivity (Wildman–Crippen MR) is 93.7 cm³/mol. The van der Waals surface area contributed by atoms with E-state index in [0.717, 1.165) is 12.1 Å². The second-order valence-electron chi connectivity index (χ2n) is 6.21. The second kappa shape index (κ2) is 8.26. The highest BCUT2D eigenvalue weighted by Gasteiger charge is 2.28. The SMILES string of the molecule is COCC(=O)N1CCN(c2cc(Oc3ccc(F)c(F)c3)ncn2)CC1C. The predicted octanol–water partition coefficient (Wildman–Crippen LogP) is 2.23. The number of hydrogen-bond donors (Lipinski definition) is 0. The van der Waals surface area contributed by atoms with Crippen molar-refractivity contribution in [3.8, 4) is 11.6 Å². The molecule has 1 fully saturated rings. The molecule has 1 aromatic heterocycles. The minimum Gasteiger partial charge on any atom is -0.439 e. The van der Waals surface area contributed by atoms with Crippen molar-refractivity contribution in [2.75, 3.05) is 38.3 Å². The molecule has 2 heterocycles. The number of carbonyl (C=O) groups excluding carboxylic acids is 1. The first-order valence-electron chi connectivity index (χ1n) is 8.46. The summed E-state index contributed by atoms with van der Waals surface area (Å²) in [6.07, 6.45) is 1.34. The number of piperazine rings is 1. The van der Waals surface area contributed by atoms with Gasteiger partial charge in [0.25, 0.3) is 0 Å². The van der Waals surface area contributed by atoms with E-state index in [-0.39, 0.29) is 30.2 Å². The molecule has 0 aliphatic carbocycles. The van der Waals surface area contributed by atoms with Crippen molar-refractivity contribution in [1.82, 2.24) is 14.9 Å². The highest BCUT2D eigenvalue weighted by Crippen LogP contribution is 2.25. The third-order valence-electron chi connectivity index (χ3n) is 4.28. The quantitative estimate of drug-likeness (QED) is 0.795. The molecule has 0 N–H and O–H groups in total. The van der Waals surface area contributed by atoms with Crippen LogP contribution in [0.4, 0.5) is 14.6 Å². The molecular weight excluding hydrogens is 358 g/mol. The Hall–Kier alpha value is -2.81. The van der Waals surface area contributed by atoms with Gasteiger partial charge in [-0.15, -0.1) is 0 Å². The van der Waals surface area contributed by atoms with Gasteiger partial charge >= 0.3 is 0 Å². The van der Waals surface area contributed by atoms with Crippen molar-refractivity contribution >= 4 is 11.7 Å². The number of ether oxygens (including phenoxy) is 2. The van der Waals surface area contributed by atoms with Crippen molar-refractivity contribution in [1.29, 1.82) is 0 Å². The Morgan fingerprint density at radius 1 is 1.22 bits per heavy atom. The molecule has 1 atom stereocenters. The number of hydrogen-bond acceptors (Lipinski definition) is 6. The summed E-state index contributed by atoms with van der Waals surface area (Å²) in [6, 6.07) is 4.89. The molecule has 1 aliphatic rings. The van der Waals surface area contributed by atoms with E-state index >= 15 is 0 Å². The number of anilines is 1. The number of methoxy groups -OCH3 is 1. The summed E-state index contributed by atoms with van der Waals surface area (Å²) in [5, 5.41) is 0. The van der Waals surface area contributed by atoms with Crippen molar-refractivity contribution in [2.24, 2.45) is 0 Å². The minimum absolute atomic E-state index is 0.00747. The summed E-state index contributed by atoms with van der Waals surface area (Å²) in [5.41, 5.74) is 0. The summed E-state index contributed by atoms with van der Waals surface area (Å²) >= 11 is 0. The van der Waals surface area contributed by atoms with Crippen LogP contribution in [-0.2, 0) is 9.53 Å². The standard InChI is InChI=1S/C18H20F2N4O3/c1-12-9-23(5-6-24(12)18(25)10-26-2)16-8-17(22-11-21-16)27-13-3-4-14(19)15(20)7-13/h3-4,7-8,11-12H,5-6,9-10H2,1-2H3. The molecule has 0 radical (unpaired) electrons. The Kier molecular flexibility index (Phi) is 5.80. The monoisotopic (exact) mass is 378 g/mol. The van der Waals surface area contributed by atoms with Crippen LogP contribution in [0.2, 0.25) is 0 Å². The van der Waals surface area contributed by atoms with Gasteiger partial charge in [0.15, 0.2) is 11.6 Å². The molecule has 1 aliphatic heterocycles. The zero-order valence-electron chi connectivity index (χ0n) is 15.1. The van der Waals surface area contributed by atoms with Crippen LogP contribution in [0.3, 0.4) is 0 Å². The smallest absolute Gasteiger partial charge is 0.248 e. The summed E-state index contributed by atoms with van der Waals surface area (Å²) in [7, 11) is 1.49. The minimum atomic E-state index is -0.993.